The van der Waals surface area contributed by atoms with Gasteiger partial charge in [-0.3, -0.25) is 10.4 Å². The summed E-state index contributed by atoms with van der Waals surface area (Å²) in [5.74, 6) is 0.719. The maximum atomic E-state index is 6.46. The van der Waals surface area contributed by atoms with E-state index in [2.05, 4.69) is 15.5 Å². The van der Waals surface area contributed by atoms with E-state index in [-0.39, 0.29) is 0 Å². The highest BCUT2D eigenvalue weighted by Gasteiger charge is 2.17. The number of pyridine rings is 1. The summed E-state index contributed by atoms with van der Waals surface area (Å²) in [5.41, 5.74) is 5.13. The average Bonchev–Trinajstić information content (AvgIpc) is 2.53. The van der Waals surface area contributed by atoms with Crippen molar-refractivity contribution in [3.05, 3.63) is 56.8 Å². The predicted molar refractivity (Wildman–Crippen MR) is 101 cm³/mol. The number of anilines is 1. The van der Waals surface area contributed by atoms with E-state index in [1.54, 1.807) is 18.0 Å². The summed E-state index contributed by atoms with van der Waals surface area (Å²) in [7, 11) is 0. The molecule has 0 bridgehead atoms. The molecule has 0 radical (unpaired) electrons. The fourth-order valence-electron chi connectivity index (χ4n) is 1.98. The van der Waals surface area contributed by atoms with E-state index in [9.17, 15) is 0 Å². The number of benzene rings is 1. The fraction of sp³-hybridized carbons (Fsp3) is 0.0667. The van der Waals surface area contributed by atoms with E-state index in [0.717, 1.165) is 21.8 Å². The van der Waals surface area contributed by atoms with Crippen molar-refractivity contribution in [1.29, 1.82) is 0 Å². The maximum absolute atomic E-state index is 6.46. The van der Waals surface area contributed by atoms with Crippen molar-refractivity contribution >= 4 is 75.1 Å². The van der Waals surface area contributed by atoms with Gasteiger partial charge in [0.25, 0.3) is 0 Å². The lowest BCUT2D eigenvalue weighted by Gasteiger charge is -2.17. The molecular weight excluding hydrogens is 396 g/mol. The normalized spacial score (nSPS) is 14.3. The zero-order valence-electron chi connectivity index (χ0n) is 11.5. The average molecular weight is 405 g/mol. The van der Waals surface area contributed by atoms with Crippen LogP contribution in [0, 0.1) is 0 Å². The third kappa shape index (κ3) is 3.78. The molecule has 1 N–H and O–H groups in total. The molecule has 1 aliphatic rings. The largest absolute Gasteiger partial charge is 0.275 e. The molecule has 0 atom stereocenters. The number of hydrogen-bond acceptors (Lipinski definition) is 4. The highest BCUT2D eigenvalue weighted by molar-refractivity contribution is 7.99. The van der Waals surface area contributed by atoms with Crippen LogP contribution in [-0.2, 0) is 0 Å². The van der Waals surface area contributed by atoms with Crippen LogP contribution in [0.25, 0.3) is 5.03 Å². The highest BCUT2D eigenvalue weighted by atomic mass is 35.5. The predicted octanol–water partition coefficient (Wildman–Crippen LogP) is 6.20. The van der Waals surface area contributed by atoms with Crippen molar-refractivity contribution in [2.24, 2.45) is 5.10 Å². The van der Waals surface area contributed by atoms with Crippen LogP contribution in [0.5, 0.6) is 0 Å². The van der Waals surface area contributed by atoms with Gasteiger partial charge < -0.3 is 0 Å². The molecule has 8 heteroatoms. The van der Waals surface area contributed by atoms with Gasteiger partial charge in [0.05, 0.1) is 27.0 Å². The van der Waals surface area contributed by atoms with E-state index >= 15 is 0 Å². The SMILES string of the molecule is ClC1=C(/C=N/Nc2c(Cl)cncc2Cl)CSc2ccc(Cl)cc21. The van der Waals surface area contributed by atoms with Crippen LogP contribution >= 0.6 is 58.2 Å². The van der Waals surface area contributed by atoms with Crippen molar-refractivity contribution in [1.82, 2.24) is 4.98 Å². The standard InChI is InChI=1S/C15H9Cl4N3S/c16-9-1-2-13-10(3-9)14(19)8(7-23-13)4-21-22-15-11(17)5-20-6-12(15)18/h1-6H,7H2,(H,20,22)/b21-4+. The van der Waals surface area contributed by atoms with Gasteiger partial charge in [0.2, 0.25) is 0 Å². The Hall–Kier alpha value is -0.910. The molecule has 0 spiro atoms. The number of nitrogens with zero attached hydrogens (tertiary/aromatic N) is 2. The number of hydrogen-bond donors (Lipinski definition) is 1. The molecule has 0 amide bonds. The lowest BCUT2D eigenvalue weighted by molar-refractivity contribution is 1.28. The molecule has 1 aromatic heterocycles. The van der Waals surface area contributed by atoms with Crippen LogP contribution in [0.1, 0.15) is 5.56 Å². The first-order chi connectivity index (χ1) is 11.1. The summed E-state index contributed by atoms with van der Waals surface area (Å²) >= 11 is 26.2. The Bertz CT molecular complexity index is 800. The number of fused-ring (bicyclic) bond motifs is 1. The van der Waals surface area contributed by atoms with Crippen molar-refractivity contribution in [3.8, 4) is 0 Å². The third-order valence-corrected chi connectivity index (χ3v) is 5.47. The van der Waals surface area contributed by atoms with Gasteiger partial charge in [-0.15, -0.1) is 11.8 Å². The molecule has 2 aromatic rings. The van der Waals surface area contributed by atoms with Crippen LogP contribution < -0.4 is 5.43 Å². The number of nitrogens with one attached hydrogen (secondary N) is 1. The first kappa shape index (κ1) is 16.9. The topological polar surface area (TPSA) is 37.3 Å². The highest BCUT2D eigenvalue weighted by Crippen LogP contribution is 2.40. The molecule has 0 saturated carbocycles. The van der Waals surface area contributed by atoms with Gasteiger partial charge in [-0.25, -0.2) is 0 Å². The number of halogens is 4. The summed E-state index contributed by atoms with van der Waals surface area (Å²) < 4.78 is 0. The molecule has 0 fully saturated rings. The Morgan fingerprint density at radius 1 is 1.13 bits per heavy atom. The Morgan fingerprint density at radius 3 is 2.61 bits per heavy atom. The summed E-state index contributed by atoms with van der Waals surface area (Å²) in [4.78, 5) is 4.99. The zero-order chi connectivity index (χ0) is 16.4. The second-order valence-electron chi connectivity index (χ2n) is 4.62. The van der Waals surface area contributed by atoms with Crippen LogP contribution in [0.2, 0.25) is 15.1 Å². The van der Waals surface area contributed by atoms with Crippen molar-refractivity contribution < 1.29 is 0 Å². The molecule has 0 saturated heterocycles. The summed E-state index contributed by atoms with van der Waals surface area (Å²) in [5, 5.41) is 6.24. The molecule has 118 valence electrons. The number of hydrazone groups is 1. The second-order valence-corrected chi connectivity index (χ2v) is 7.26. The minimum Gasteiger partial charge on any atom is -0.275 e. The fourth-order valence-corrected chi connectivity index (χ4v) is 4.02. The number of rotatable bonds is 3. The first-order valence-corrected chi connectivity index (χ1v) is 8.95. The van der Waals surface area contributed by atoms with Crippen LogP contribution in [0.4, 0.5) is 5.69 Å². The molecule has 0 unspecified atom stereocenters. The van der Waals surface area contributed by atoms with E-state index < -0.39 is 0 Å². The Balaban J connectivity index is 1.84. The van der Waals surface area contributed by atoms with Gasteiger partial charge in [0, 0.05) is 39.2 Å². The Morgan fingerprint density at radius 2 is 1.87 bits per heavy atom. The third-order valence-electron chi connectivity index (χ3n) is 3.09. The summed E-state index contributed by atoms with van der Waals surface area (Å²) in [6.45, 7) is 0. The van der Waals surface area contributed by atoms with E-state index in [0.29, 0.717) is 25.8 Å². The molecule has 23 heavy (non-hydrogen) atoms. The lowest BCUT2D eigenvalue weighted by atomic mass is 10.1. The monoisotopic (exact) mass is 403 g/mol. The molecule has 3 nitrogen and oxygen atoms in total. The van der Waals surface area contributed by atoms with Crippen LogP contribution in [-0.4, -0.2) is 17.0 Å². The van der Waals surface area contributed by atoms with E-state index in [4.69, 9.17) is 46.4 Å². The van der Waals surface area contributed by atoms with Crippen LogP contribution in [0.3, 0.4) is 0 Å². The van der Waals surface area contributed by atoms with Gasteiger partial charge in [-0.2, -0.15) is 5.10 Å². The molecular formula is C15H9Cl4N3S. The van der Waals surface area contributed by atoms with Crippen molar-refractivity contribution in [3.63, 3.8) is 0 Å². The van der Waals surface area contributed by atoms with Gasteiger partial charge in [-0.1, -0.05) is 46.4 Å². The van der Waals surface area contributed by atoms with Gasteiger partial charge in [0.15, 0.2) is 0 Å². The smallest absolute Gasteiger partial charge is 0.0965 e. The van der Waals surface area contributed by atoms with Gasteiger partial charge >= 0.3 is 0 Å². The van der Waals surface area contributed by atoms with E-state index in [1.807, 2.05) is 18.2 Å². The van der Waals surface area contributed by atoms with Gasteiger partial charge in [-0.05, 0) is 18.2 Å². The molecule has 2 heterocycles. The quantitative estimate of drug-likeness (QED) is 0.489. The zero-order valence-corrected chi connectivity index (χ0v) is 15.3. The van der Waals surface area contributed by atoms with Gasteiger partial charge in [0.1, 0.15) is 0 Å². The number of aromatic nitrogens is 1. The van der Waals surface area contributed by atoms with E-state index in [1.165, 1.54) is 12.4 Å². The Kier molecular flexibility index (Phi) is 5.39. The molecule has 1 aromatic carbocycles. The molecule has 0 aliphatic carbocycles. The minimum absolute atomic E-state index is 0.393. The maximum Gasteiger partial charge on any atom is 0.0965 e. The second kappa shape index (κ2) is 7.32. The first-order valence-electron chi connectivity index (χ1n) is 6.45. The Labute approximate surface area is 157 Å². The molecule has 3 rings (SSSR count). The molecule has 1 aliphatic heterocycles. The van der Waals surface area contributed by atoms with Crippen molar-refractivity contribution in [2.75, 3.05) is 11.2 Å². The summed E-state index contributed by atoms with van der Waals surface area (Å²) in [6.07, 6.45) is 4.64. The lowest BCUT2D eigenvalue weighted by Crippen LogP contribution is -2.02. The summed E-state index contributed by atoms with van der Waals surface area (Å²) in [6, 6.07) is 5.67. The van der Waals surface area contributed by atoms with Crippen LogP contribution in [0.15, 0.2) is 46.2 Å². The minimum atomic E-state index is 0.393. The van der Waals surface area contributed by atoms with Crippen molar-refractivity contribution in [2.45, 2.75) is 4.90 Å². The number of thioether (sulfide) groups is 1.